The minimum Gasteiger partial charge on any atom is -0.337 e. The van der Waals surface area contributed by atoms with E-state index in [1.165, 1.54) is 0 Å². The lowest BCUT2D eigenvalue weighted by Gasteiger charge is -2.41. The topological polar surface area (TPSA) is 72.3 Å². The van der Waals surface area contributed by atoms with Crippen LogP contribution in [0.5, 0.6) is 0 Å². The Morgan fingerprint density at radius 3 is 2.36 bits per heavy atom. The van der Waals surface area contributed by atoms with Gasteiger partial charge in [-0.25, -0.2) is 8.42 Å². The first kappa shape index (κ1) is 17.1. The number of amides is 1. The fraction of sp³-hybridized carbons (Fsp3) is 0.778. The lowest BCUT2D eigenvalue weighted by Crippen LogP contribution is -2.42. The molecule has 0 spiro atoms. The minimum atomic E-state index is -2.98. The summed E-state index contributed by atoms with van der Waals surface area (Å²) < 4.78 is 26.5. The van der Waals surface area contributed by atoms with Crippen molar-refractivity contribution in [1.29, 1.82) is 0 Å². The molecule has 138 valence electrons. The van der Waals surface area contributed by atoms with E-state index >= 15 is 0 Å². The third-order valence-corrected chi connectivity index (χ3v) is 8.37. The highest BCUT2D eigenvalue weighted by Gasteiger charge is 2.66. The molecule has 0 aromatic carbocycles. The molecule has 0 N–H and O–H groups in total. The molecule has 2 atom stereocenters. The Kier molecular flexibility index (Phi) is 3.80. The van der Waals surface area contributed by atoms with E-state index in [2.05, 4.69) is 18.9 Å². The number of nitrogens with zero attached hydrogens (tertiary/aromatic N) is 3. The molecule has 3 heterocycles. The summed E-state index contributed by atoms with van der Waals surface area (Å²) in [5, 5.41) is 4.30. The number of hydrogen-bond donors (Lipinski definition) is 0. The smallest absolute Gasteiger partial charge is 0.257 e. The highest BCUT2D eigenvalue weighted by atomic mass is 32.2. The summed E-state index contributed by atoms with van der Waals surface area (Å²) in [5.74, 6) is 0.995. The number of carbonyl (C=O) groups excluding carboxylic acids is 1. The van der Waals surface area contributed by atoms with Crippen molar-refractivity contribution in [2.75, 3.05) is 24.6 Å². The molecule has 4 rings (SSSR count). The van der Waals surface area contributed by atoms with Gasteiger partial charge in [-0.3, -0.25) is 9.48 Å². The first-order valence-corrected chi connectivity index (χ1v) is 11.1. The normalized spacial score (nSPS) is 33.5. The molecule has 0 bridgehead atoms. The van der Waals surface area contributed by atoms with Gasteiger partial charge in [-0.1, -0.05) is 26.7 Å². The van der Waals surface area contributed by atoms with E-state index in [4.69, 9.17) is 0 Å². The lowest BCUT2D eigenvalue weighted by atomic mass is 9.60. The van der Waals surface area contributed by atoms with Crippen LogP contribution < -0.4 is 0 Å². The standard InChI is InChI=1S/C18H27N3O3S/c1-14(2)8-21-9-15(7-19-21)16(22)20-10-17-5-3-4-6-18(17,11-20)13-25(23,24)12-17/h7,9,14H,3-6,8,10-13H2,1-2H3. The maximum absolute atomic E-state index is 13.0. The van der Waals surface area contributed by atoms with Crippen molar-refractivity contribution in [3.63, 3.8) is 0 Å². The number of rotatable bonds is 3. The van der Waals surface area contributed by atoms with E-state index in [0.29, 0.717) is 24.6 Å². The van der Waals surface area contributed by atoms with E-state index in [0.717, 1.165) is 32.2 Å². The van der Waals surface area contributed by atoms with Crippen molar-refractivity contribution in [3.05, 3.63) is 18.0 Å². The summed E-state index contributed by atoms with van der Waals surface area (Å²) in [6, 6.07) is 0. The predicted octanol–water partition coefficient (Wildman–Crippen LogP) is 1.97. The number of aromatic nitrogens is 2. The van der Waals surface area contributed by atoms with Crippen LogP contribution in [-0.2, 0) is 16.4 Å². The minimum absolute atomic E-state index is 0.00227. The zero-order valence-electron chi connectivity index (χ0n) is 15.1. The second kappa shape index (κ2) is 5.56. The van der Waals surface area contributed by atoms with Gasteiger partial charge in [0.15, 0.2) is 9.84 Å². The van der Waals surface area contributed by atoms with Crippen LogP contribution in [0, 0.1) is 16.7 Å². The Morgan fingerprint density at radius 2 is 1.80 bits per heavy atom. The van der Waals surface area contributed by atoms with E-state index in [1.807, 2.05) is 15.8 Å². The predicted molar refractivity (Wildman–Crippen MR) is 95.0 cm³/mol. The Bertz CT molecular complexity index is 770. The molecule has 25 heavy (non-hydrogen) atoms. The average molecular weight is 365 g/mol. The van der Waals surface area contributed by atoms with Crippen LogP contribution in [0.3, 0.4) is 0 Å². The van der Waals surface area contributed by atoms with E-state index < -0.39 is 9.84 Å². The molecule has 3 aliphatic rings. The summed E-state index contributed by atoms with van der Waals surface area (Å²) in [6.45, 7) is 6.20. The van der Waals surface area contributed by atoms with Gasteiger partial charge in [-0.2, -0.15) is 5.10 Å². The maximum atomic E-state index is 13.0. The quantitative estimate of drug-likeness (QED) is 0.821. The van der Waals surface area contributed by atoms with Crippen molar-refractivity contribution >= 4 is 15.7 Å². The van der Waals surface area contributed by atoms with Crippen LogP contribution in [0.1, 0.15) is 49.9 Å². The molecule has 2 unspecified atom stereocenters. The van der Waals surface area contributed by atoms with Crippen LogP contribution in [-0.4, -0.2) is 53.6 Å². The molecule has 2 saturated heterocycles. The number of hydrogen-bond acceptors (Lipinski definition) is 4. The Hall–Kier alpha value is -1.37. The molecule has 6 nitrogen and oxygen atoms in total. The van der Waals surface area contributed by atoms with Crippen molar-refractivity contribution in [2.24, 2.45) is 16.7 Å². The third-order valence-electron chi connectivity index (χ3n) is 6.38. The van der Waals surface area contributed by atoms with Crippen LogP contribution in [0.25, 0.3) is 0 Å². The van der Waals surface area contributed by atoms with Crippen molar-refractivity contribution in [3.8, 4) is 0 Å². The third kappa shape index (κ3) is 2.71. The molecular weight excluding hydrogens is 338 g/mol. The zero-order chi connectivity index (χ0) is 17.9. The Balaban J connectivity index is 1.58. The van der Waals surface area contributed by atoms with Gasteiger partial charge in [0.05, 0.1) is 23.3 Å². The molecule has 1 aromatic heterocycles. The van der Waals surface area contributed by atoms with Crippen LogP contribution >= 0.6 is 0 Å². The Morgan fingerprint density at radius 1 is 1.20 bits per heavy atom. The van der Waals surface area contributed by atoms with E-state index in [-0.39, 0.29) is 28.2 Å². The monoisotopic (exact) mass is 365 g/mol. The fourth-order valence-electron chi connectivity index (χ4n) is 5.45. The van der Waals surface area contributed by atoms with Gasteiger partial charge in [0.1, 0.15) is 0 Å². The highest BCUT2D eigenvalue weighted by molar-refractivity contribution is 7.91. The Labute approximate surface area is 149 Å². The largest absolute Gasteiger partial charge is 0.337 e. The lowest BCUT2D eigenvalue weighted by molar-refractivity contribution is 0.0772. The first-order valence-electron chi connectivity index (χ1n) is 9.27. The van der Waals surface area contributed by atoms with Gasteiger partial charge in [0.2, 0.25) is 0 Å². The molecule has 2 aliphatic heterocycles. The van der Waals surface area contributed by atoms with Crippen LogP contribution in [0.15, 0.2) is 12.4 Å². The van der Waals surface area contributed by atoms with Gasteiger partial charge in [-0.05, 0) is 18.8 Å². The zero-order valence-corrected chi connectivity index (χ0v) is 15.9. The van der Waals surface area contributed by atoms with E-state index in [1.54, 1.807) is 6.20 Å². The van der Waals surface area contributed by atoms with Gasteiger partial charge in [0, 0.05) is 36.7 Å². The molecular formula is C18H27N3O3S. The second-order valence-electron chi connectivity index (χ2n) is 8.81. The van der Waals surface area contributed by atoms with Gasteiger partial charge < -0.3 is 4.90 Å². The van der Waals surface area contributed by atoms with Gasteiger partial charge in [0.25, 0.3) is 5.91 Å². The molecule has 0 radical (unpaired) electrons. The highest BCUT2D eigenvalue weighted by Crippen LogP contribution is 2.60. The molecule has 7 heteroatoms. The number of sulfone groups is 1. The maximum Gasteiger partial charge on any atom is 0.257 e. The van der Waals surface area contributed by atoms with Gasteiger partial charge in [-0.15, -0.1) is 0 Å². The van der Waals surface area contributed by atoms with E-state index in [9.17, 15) is 13.2 Å². The SMILES string of the molecule is CC(C)Cn1cc(C(=O)N2CC34CCCCC3(C2)CS(=O)(=O)C4)cn1. The summed E-state index contributed by atoms with van der Waals surface area (Å²) >= 11 is 0. The summed E-state index contributed by atoms with van der Waals surface area (Å²) in [7, 11) is -2.98. The van der Waals surface area contributed by atoms with Crippen molar-refractivity contribution in [1.82, 2.24) is 14.7 Å². The van der Waals surface area contributed by atoms with Crippen LogP contribution in [0.4, 0.5) is 0 Å². The fourth-order valence-corrected chi connectivity index (χ4v) is 8.32. The molecule has 3 fully saturated rings. The molecule has 1 amide bonds. The molecule has 1 aromatic rings. The van der Waals surface area contributed by atoms with Gasteiger partial charge >= 0.3 is 0 Å². The average Bonchev–Trinajstić information content (AvgIpc) is 3.12. The second-order valence-corrected chi connectivity index (χ2v) is 10.9. The summed E-state index contributed by atoms with van der Waals surface area (Å²) in [4.78, 5) is 14.9. The van der Waals surface area contributed by atoms with Crippen molar-refractivity contribution < 1.29 is 13.2 Å². The number of carbonyl (C=O) groups is 1. The summed E-state index contributed by atoms with van der Waals surface area (Å²) in [6.07, 6.45) is 7.49. The van der Waals surface area contributed by atoms with Crippen LogP contribution in [0.2, 0.25) is 0 Å². The number of likely N-dealkylation sites (tertiary alicyclic amines) is 1. The molecule has 1 saturated carbocycles. The van der Waals surface area contributed by atoms with Crippen molar-refractivity contribution in [2.45, 2.75) is 46.1 Å². The first-order chi connectivity index (χ1) is 11.7. The molecule has 1 aliphatic carbocycles. The summed E-state index contributed by atoms with van der Waals surface area (Å²) in [5.41, 5.74) is 0.189.